The van der Waals surface area contributed by atoms with Crippen LogP contribution in [0.4, 0.5) is 15.8 Å². The molecule has 2 unspecified atom stereocenters. The third-order valence-electron chi connectivity index (χ3n) is 4.12. The maximum Gasteiger partial charge on any atom is 0.130 e. The van der Waals surface area contributed by atoms with Crippen LogP contribution in [0.5, 0.6) is 0 Å². The fraction of sp³-hybridized carbons (Fsp3) is 0.333. The molecule has 0 fully saturated rings. The number of nitrogens with zero attached hydrogens (tertiary/aromatic N) is 1. The fourth-order valence-electron chi connectivity index (χ4n) is 3.24. The van der Waals surface area contributed by atoms with Gasteiger partial charge in [-0.25, -0.2) is 4.39 Å². The van der Waals surface area contributed by atoms with E-state index < -0.39 is 0 Å². The molecule has 0 radical (unpaired) electrons. The van der Waals surface area contributed by atoms with Crippen molar-refractivity contribution in [1.29, 1.82) is 0 Å². The van der Waals surface area contributed by atoms with Gasteiger partial charge in [0.25, 0.3) is 0 Å². The van der Waals surface area contributed by atoms with E-state index in [0.717, 1.165) is 18.7 Å². The molecule has 3 rings (SSSR count). The van der Waals surface area contributed by atoms with E-state index in [-0.39, 0.29) is 11.9 Å². The lowest BCUT2D eigenvalue weighted by molar-refractivity contribution is 0.555. The van der Waals surface area contributed by atoms with E-state index in [1.54, 1.807) is 6.07 Å². The second-order valence-corrected chi connectivity index (χ2v) is 6.01. The van der Waals surface area contributed by atoms with Gasteiger partial charge < -0.3 is 10.6 Å². The first-order valence-corrected chi connectivity index (χ1v) is 7.47. The van der Waals surface area contributed by atoms with E-state index in [4.69, 9.17) is 5.73 Å². The van der Waals surface area contributed by atoms with Crippen LogP contribution >= 0.6 is 0 Å². The Morgan fingerprint density at radius 3 is 2.62 bits per heavy atom. The van der Waals surface area contributed by atoms with Gasteiger partial charge in [-0.15, -0.1) is 0 Å². The standard InChI is InChI=1S/C18H21FN2/c1-12-10-14-6-3-4-8-16(14)21(11-12)17-9-5-7-15(19)18(17)13(2)20/h3-9,12-13H,10-11,20H2,1-2H3. The zero-order valence-electron chi connectivity index (χ0n) is 12.5. The van der Waals surface area contributed by atoms with Crippen molar-refractivity contribution in [2.24, 2.45) is 11.7 Å². The quantitative estimate of drug-likeness (QED) is 0.896. The summed E-state index contributed by atoms with van der Waals surface area (Å²) in [5.74, 6) is 0.308. The number of hydrogen-bond acceptors (Lipinski definition) is 2. The molecule has 1 aliphatic rings. The SMILES string of the molecule is CC1Cc2ccccc2N(c2cccc(F)c2C(C)N)C1. The summed E-state index contributed by atoms with van der Waals surface area (Å²) in [5, 5.41) is 0. The Hall–Kier alpha value is -1.87. The predicted octanol–water partition coefficient (Wildman–Crippen LogP) is 4.18. The van der Waals surface area contributed by atoms with Gasteiger partial charge in [0.05, 0.1) is 0 Å². The average Bonchev–Trinajstić information content (AvgIpc) is 2.45. The molecule has 2 N–H and O–H groups in total. The number of rotatable bonds is 2. The minimum Gasteiger partial charge on any atom is -0.341 e. The molecule has 0 bridgehead atoms. The Kier molecular flexibility index (Phi) is 3.68. The van der Waals surface area contributed by atoms with Crippen molar-refractivity contribution in [3.05, 3.63) is 59.4 Å². The van der Waals surface area contributed by atoms with Crippen molar-refractivity contribution in [2.75, 3.05) is 11.4 Å². The van der Waals surface area contributed by atoms with E-state index >= 15 is 0 Å². The van der Waals surface area contributed by atoms with E-state index in [1.807, 2.05) is 19.1 Å². The van der Waals surface area contributed by atoms with Crippen LogP contribution < -0.4 is 10.6 Å². The lowest BCUT2D eigenvalue weighted by atomic mass is 9.92. The third-order valence-corrected chi connectivity index (χ3v) is 4.12. The van der Waals surface area contributed by atoms with Crippen LogP contribution in [0.15, 0.2) is 42.5 Å². The Morgan fingerprint density at radius 1 is 1.14 bits per heavy atom. The first-order valence-electron chi connectivity index (χ1n) is 7.47. The van der Waals surface area contributed by atoms with Gasteiger partial charge in [0.15, 0.2) is 0 Å². The molecule has 2 atom stereocenters. The topological polar surface area (TPSA) is 29.3 Å². The maximum absolute atomic E-state index is 14.2. The minimum absolute atomic E-state index is 0.224. The molecule has 2 nitrogen and oxygen atoms in total. The zero-order valence-corrected chi connectivity index (χ0v) is 12.5. The fourth-order valence-corrected chi connectivity index (χ4v) is 3.24. The molecular weight excluding hydrogens is 263 g/mol. The van der Waals surface area contributed by atoms with Gasteiger partial charge in [0.1, 0.15) is 5.82 Å². The molecule has 110 valence electrons. The molecule has 2 aromatic carbocycles. The van der Waals surface area contributed by atoms with Crippen molar-refractivity contribution in [1.82, 2.24) is 0 Å². The van der Waals surface area contributed by atoms with Crippen LogP contribution in [0.1, 0.15) is 31.0 Å². The normalized spacial score (nSPS) is 19.2. The van der Waals surface area contributed by atoms with E-state index in [2.05, 4.69) is 30.0 Å². The van der Waals surface area contributed by atoms with E-state index in [1.165, 1.54) is 17.3 Å². The molecule has 1 aliphatic heterocycles. The molecule has 0 aromatic heterocycles. The molecule has 21 heavy (non-hydrogen) atoms. The molecule has 3 heteroatoms. The first-order chi connectivity index (χ1) is 10.1. The van der Waals surface area contributed by atoms with Crippen LogP contribution in [-0.4, -0.2) is 6.54 Å². The number of benzene rings is 2. The van der Waals surface area contributed by atoms with Crippen LogP contribution in [0.25, 0.3) is 0 Å². The largest absolute Gasteiger partial charge is 0.341 e. The minimum atomic E-state index is -0.328. The molecule has 0 aliphatic carbocycles. The summed E-state index contributed by atoms with van der Waals surface area (Å²) in [6.07, 6.45) is 1.06. The predicted molar refractivity (Wildman–Crippen MR) is 85.3 cm³/mol. The average molecular weight is 284 g/mol. The molecular formula is C18H21FN2. The van der Waals surface area contributed by atoms with E-state index in [0.29, 0.717) is 11.5 Å². The molecule has 0 saturated carbocycles. The van der Waals surface area contributed by atoms with Crippen LogP contribution in [0.2, 0.25) is 0 Å². The summed E-state index contributed by atoms with van der Waals surface area (Å²) in [4.78, 5) is 2.21. The van der Waals surface area contributed by atoms with Gasteiger partial charge in [-0.1, -0.05) is 31.2 Å². The Labute approximate surface area is 125 Å². The van der Waals surface area contributed by atoms with Crippen molar-refractivity contribution in [3.8, 4) is 0 Å². The number of para-hydroxylation sites is 1. The van der Waals surface area contributed by atoms with E-state index in [9.17, 15) is 4.39 Å². The summed E-state index contributed by atoms with van der Waals surface area (Å²) < 4.78 is 14.2. The molecule has 2 aromatic rings. The highest BCUT2D eigenvalue weighted by molar-refractivity contribution is 5.71. The van der Waals surface area contributed by atoms with Crippen molar-refractivity contribution < 1.29 is 4.39 Å². The lowest BCUT2D eigenvalue weighted by Crippen LogP contribution is -2.31. The van der Waals surface area contributed by atoms with Crippen molar-refractivity contribution >= 4 is 11.4 Å². The molecule has 1 heterocycles. The molecule has 0 spiro atoms. The Bertz CT molecular complexity index is 651. The highest BCUT2D eigenvalue weighted by atomic mass is 19.1. The second kappa shape index (κ2) is 5.49. The van der Waals surface area contributed by atoms with Crippen LogP contribution in [-0.2, 0) is 6.42 Å². The van der Waals surface area contributed by atoms with Crippen LogP contribution in [0, 0.1) is 11.7 Å². The summed E-state index contributed by atoms with van der Waals surface area (Å²) in [6.45, 7) is 4.95. The van der Waals surface area contributed by atoms with Crippen molar-refractivity contribution in [3.63, 3.8) is 0 Å². The van der Waals surface area contributed by atoms with Crippen molar-refractivity contribution in [2.45, 2.75) is 26.3 Å². The number of halogens is 1. The number of nitrogens with two attached hydrogens (primary N) is 1. The van der Waals surface area contributed by atoms with Gasteiger partial charge in [0, 0.05) is 29.5 Å². The summed E-state index contributed by atoms with van der Waals surface area (Å²) >= 11 is 0. The first kappa shape index (κ1) is 14.1. The molecule has 0 saturated heterocycles. The number of fused-ring (bicyclic) bond motifs is 1. The number of anilines is 2. The summed E-state index contributed by atoms with van der Waals surface area (Å²) in [7, 11) is 0. The molecule has 0 amide bonds. The summed E-state index contributed by atoms with van der Waals surface area (Å²) in [6, 6.07) is 13.3. The maximum atomic E-state index is 14.2. The zero-order chi connectivity index (χ0) is 15.0. The lowest BCUT2D eigenvalue weighted by Gasteiger charge is -2.36. The number of hydrogen-bond donors (Lipinski definition) is 1. The summed E-state index contributed by atoms with van der Waals surface area (Å²) in [5.41, 5.74) is 9.99. The highest BCUT2D eigenvalue weighted by Gasteiger charge is 2.25. The van der Waals surface area contributed by atoms with Gasteiger partial charge in [-0.2, -0.15) is 0 Å². The van der Waals surface area contributed by atoms with Gasteiger partial charge >= 0.3 is 0 Å². The van der Waals surface area contributed by atoms with Gasteiger partial charge in [-0.3, -0.25) is 0 Å². The smallest absolute Gasteiger partial charge is 0.130 e. The van der Waals surface area contributed by atoms with Gasteiger partial charge in [-0.05, 0) is 43.0 Å². The monoisotopic (exact) mass is 284 g/mol. The Balaban J connectivity index is 2.15. The highest BCUT2D eigenvalue weighted by Crippen LogP contribution is 2.38. The second-order valence-electron chi connectivity index (χ2n) is 6.01. The third kappa shape index (κ3) is 2.54. The van der Waals surface area contributed by atoms with Gasteiger partial charge in [0.2, 0.25) is 0 Å². The van der Waals surface area contributed by atoms with Crippen LogP contribution in [0.3, 0.4) is 0 Å². The Morgan fingerprint density at radius 2 is 1.86 bits per heavy atom.